The first-order chi connectivity index (χ1) is 6.59. The number of phenolic OH excluding ortho intramolecular Hbond substituents is 1. The lowest BCUT2D eigenvalue weighted by Crippen LogP contribution is -1.87. The highest BCUT2D eigenvalue weighted by Gasteiger charge is 2.05. The van der Waals surface area contributed by atoms with Crippen LogP contribution in [0.5, 0.6) is 5.75 Å². The Hall–Kier alpha value is -1.70. The van der Waals surface area contributed by atoms with Gasteiger partial charge in [0, 0.05) is 11.1 Å². The van der Waals surface area contributed by atoms with Crippen molar-refractivity contribution in [3.63, 3.8) is 0 Å². The van der Waals surface area contributed by atoms with E-state index in [1.165, 1.54) is 0 Å². The van der Waals surface area contributed by atoms with E-state index < -0.39 is 0 Å². The number of nitrogen functional groups attached to an aromatic ring is 1. The summed E-state index contributed by atoms with van der Waals surface area (Å²) in [6.45, 7) is 3.90. The van der Waals surface area contributed by atoms with Crippen molar-refractivity contribution in [3.05, 3.63) is 35.4 Å². The number of hydrogen-bond acceptors (Lipinski definition) is 2. The highest BCUT2D eigenvalue weighted by molar-refractivity contribution is 5.92. The van der Waals surface area contributed by atoms with Gasteiger partial charge in [0.15, 0.2) is 0 Å². The lowest BCUT2D eigenvalue weighted by Gasteiger charge is -2.08. The fourth-order valence-corrected chi connectivity index (χ4v) is 1.65. The van der Waals surface area contributed by atoms with Crippen molar-refractivity contribution in [2.24, 2.45) is 0 Å². The zero-order chi connectivity index (χ0) is 10.3. The second-order valence-corrected chi connectivity index (χ2v) is 3.65. The van der Waals surface area contributed by atoms with Gasteiger partial charge in [0.1, 0.15) is 5.75 Å². The van der Waals surface area contributed by atoms with Gasteiger partial charge in [-0.15, -0.1) is 0 Å². The summed E-state index contributed by atoms with van der Waals surface area (Å²) in [5, 5.41) is 11.7. The van der Waals surface area contributed by atoms with Crippen molar-refractivity contribution in [2.45, 2.75) is 13.8 Å². The van der Waals surface area contributed by atoms with E-state index in [0.29, 0.717) is 5.75 Å². The number of aryl methyl sites for hydroxylation is 1. The van der Waals surface area contributed by atoms with Crippen molar-refractivity contribution < 1.29 is 5.11 Å². The maximum atomic E-state index is 9.89. The highest BCUT2D eigenvalue weighted by Crippen LogP contribution is 2.31. The van der Waals surface area contributed by atoms with E-state index in [9.17, 15) is 5.11 Å². The lowest BCUT2D eigenvalue weighted by atomic mass is 10.0. The molecule has 0 aliphatic heterocycles. The molecular weight excluding hydrogens is 174 g/mol. The van der Waals surface area contributed by atoms with E-state index in [0.717, 1.165) is 27.6 Å². The monoisotopic (exact) mass is 187 g/mol. The number of rotatable bonds is 0. The van der Waals surface area contributed by atoms with Gasteiger partial charge in [-0.05, 0) is 48.6 Å². The minimum atomic E-state index is 0.361. The van der Waals surface area contributed by atoms with Crippen LogP contribution in [0.3, 0.4) is 0 Å². The van der Waals surface area contributed by atoms with Gasteiger partial charge in [-0.25, -0.2) is 0 Å². The van der Waals surface area contributed by atoms with Gasteiger partial charge in [-0.2, -0.15) is 0 Å². The largest absolute Gasteiger partial charge is 0.507 e. The number of fused-ring (bicyclic) bond motifs is 1. The Labute approximate surface area is 83.0 Å². The van der Waals surface area contributed by atoms with Crippen LogP contribution in [0.1, 0.15) is 11.1 Å². The Morgan fingerprint density at radius 2 is 1.86 bits per heavy atom. The molecule has 0 fully saturated rings. The molecule has 0 atom stereocenters. The Morgan fingerprint density at radius 1 is 1.14 bits per heavy atom. The molecule has 0 aliphatic carbocycles. The summed E-state index contributed by atoms with van der Waals surface area (Å²) in [6, 6.07) is 7.57. The molecule has 0 saturated carbocycles. The molecule has 72 valence electrons. The van der Waals surface area contributed by atoms with Crippen LogP contribution < -0.4 is 5.73 Å². The molecule has 0 heterocycles. The third-order valence-electron chi connectivity index (χ3n) is 2.65. The SMILES string of the molecule is Cc1cc2cc(N)ccc2c(O)c1C. The van der Waals surface area contributed by atoms with Crippen LogP contribution in [0.4, 0.5) is 5.69 Å². The molecular formula is C12H13NO. The number of nitrogens with two attached hydrogens (primary N) is 1. The van der Waals surface area contributed by atoms with Gasteiger partial charge in [-0.3, -0.25) is 0 Å². The molecule has 2 rings (SSSR count). The summed E-state index contributed by atoms with van der Waals surface area (Å²) in [7, 11) is 0. The van der Waals surface area contributed by atoms with Crippen molar-refractivity contribution in [1.82, 2.24) is 0 Å². The summed E-state index contributed by atoms with van der Waals surface area (Å²) in [5.41, 5.74) is 8.42. The Balaban J connectivity index is 2.91. The third-order valence-corrected chi connectivity index (χ3v) is 2.65. The van der Waals surface area contributed by atoms with E-state index in [1.807, 2.05) is 32.0 Å². The molecule has 2 heteroatoms. The number of phenols is 1. The molecule has 0 radical (unpaired) electrons. The van der Waals surface area contributed by atoms with Crippen LogP contribution in [0, 0.1) is 13.8 Å². The van der Waals surface area contributed by atoms with Crippen LogP contribution in [-0.4, -0.2) is 5.11 Å². The number of benzene rings is 2. The van der Waals surface area contributed by atoms with Gasteiger partial charge in [0.05, 0.1) is 0 Å². The van der Waals surface area contributed by atoms with Gasteiger partial charge >= 0.3 is 0 Å². The van der Waals surface area contributed by atoms with Crippen molar-refractivity contribution in [1.29, 1.82) is 0 Å². The topological polar surface area (TPSA) is 46.2 Å². The van der Waals surface area contributed by atoms with Gasteiger partial charge < -0.3 is 10.8 Å². The zero-order valence-corrected chi connectivity index (χ0v) is 8.33. The predicted molar refractivity (Wildman–Crippen MR) is 59.5 cm³/mol. The zero-order valence-electron chi connectivity index (χ0n) is 8.33. The molecule has 3 N–H and O–H groups in total. The van der Waals surface area contributed by atoms with E-state index in [-0.39, 0.29) is 0 Å². The first-order valence-corrected chi connectivity index (χ1v) is 4.58. The number of anilines is 1. The second kappa shape index (κ2) is 2.91. The van der Waals surface area contributed by atoms with E-state index in [4.69, 9.17) is 5.73 Å². The van der Waals surface area contributed by atoms with Crippen LogP contribution >= 0.6 is 0 Å². The first-order valence-electron chi connectivity index (χ1n) is 4.58. The summed E-state index contributed by atoms with van der Waals surface area (Å²) >= 11 is 0. The Kier molecular flexibility index (Phi) is 1.84. The third kappa shape index (κ3) is 1.20. The molecule has 0 unspecified atom stereocenters. The smallest absolute Gasteiger partial charge is 0.126 e. The predicted octanol–water partition coefficient (Wildman–Crippen LogP) is 2.74. The van der Waals surface area contributed by atoms with Crippen LogP contribution in [-0.2, 0) is 0 Å². The fourth-order valence-electron chi connectivity index (χ4n) is 1.65. The molecule has 0 aromatic heterocycles. The number of hydrogen-bond donors (Lipinski definition) is 2. The van der Waals surface area contributed by atoms with E-state index >= 15 is 0 Å². The number of aromatic hydroxyl groups is 1. The normalized spacial score (nSPS) is 10.7. The van der Waals surface area contributed by atoms with E-state index in [1.54, 1.807) is 6.07 Å². The Bertz CT molecular complexity index is 503. The van der Waals surface area contributed by atoms with Crippen LogP contribution in [0.2, 0.25) is 0 Å². The fraction of sp³-hybridized carbons (Fsp3) is 0.167. The van der Waals surface area contributed by atoms with Gasteiger partial charge in [0.2, 0.25) is 0 Å². The maximum absolute atomic E-state index is 9.89. The maximum Gasteiger partial charge on any atom is 0.126 e. The minimum absolute atomic E-state index is 0.361. The highest BCUT2D eigenvalue weighted by atomic mass is 16.3. The van der Waals surface area contributed by atoms with Crippen LogP contribution in [0.15, 0.2) is 24.3 Å². The van der Waals surface area contributed by atoms with Crippen molar-refractivity contribution in [3.8, 4) is 5.75 Å². The molecule has 2 nitrogen and oxygen atoms in total. The molecule has 2 aromatic carbocycles. The lowest BCUT2D eigenvalue weighted by molar-refractivity contribution is 0.477. The molecule has 0 saturated heterocycles. The molecule has 0 amide bonds. The molecule has 2 aromatic rings. The first kappa shape index (κ1) is 8.88. The minimum Gasteiger partial charge on any atom is -0.507 e. The molecule has 14 heavy (non-hydrogen) atoms. The second-order valence-electron chi connectivity index (χ2n) is 3.65. The standard InChI is InChI=1S/C12H13NO/c1-7-5-9-6-10(13)3-4-11(9)12(14)8(7)2/h3-6,14H,13H2,1-2H3. The molecule has 0 aliphatic rings. The van der Waals surface area contributed by atoms with Crippen molar-refractivity contribution >= 4 is 16.5 Å². The average Bonchev–Trinajstić information content (AvgIpc) is 2.14. The van der Waals surface area contributed by atoms with E-state index in [2.05, 4.69) is 0 Å². The molecule has 0 spiro atoms. The Morgan fingerprint density at radius 3 is 2.57 bits per heavy atom. The summed E-state index contributed by atoms with van der Waals surface area (Å²) in [5.74, 6) is 0.361. The van der Waals surface area contributed by atoms with Crippen LogP contribution in [0.25, 0.3) is 10.8 Å². The average molecular weight is 187 g/mol. The van der Waals surface area contributed by atoms with Crippen molar-refractivity contribution in [2.75, 3.05) is 5.73 Å². The summed E-state index contributed by atoms with van der Waals surface area (Å²) < 4.78 is 0. The molecule has 0 bridgehead atoms. The van der Waals surface area contributed by atoms with Gasteiger partial charge in [-0.1, -0.05) is 6.07 Å². The summed E-state index contributed by atoms with van der Waals surface area (Å²) in [4.78, 5) is 0. The quantitative estimate of drug-likeness (QED) is 0.623. The summed E-state index contributed by atoms with van der Waals surface area (Å²) in [6.07, 6.45) is 0. The van der Waals surface area contributed by atoms with Gasteiger partial charge in [0.25, 0.3) is 0 Å².